The van der Waals surface area contributed by atoms with Gasteiger partial charge in [-0.05, 0) is 40.8 Å². The number of rotatable bonds is 1. The van der Waals surface area contributed by atoms with Gasteiger partial charge in [0.1, 0.15) is 6.29 Å². The summed E-state index contributed by atoms with van der Waals surface area (Å²) in [6, 6.07) is 5.18. The summed E-state index contributed by atoms with van der Waals surface area (Å²) in [7, 11) is 0. The second-order valence-electron chi connectivity index (χ2n) is 1.90. The largest absolute Gasteiger partial charge is 0.398 e. The minimum absolute atomic E-state index is 0.665. The Bertz CT molecular complexity index is 260. The third-order valence-electron chi connectivity index (χ3n) is 1.16. The van der Waals surface area contributed by atoms with Crippen LogP contribution in [0.3, 0.4) is 0 Å². The minimum atomic E-state index is 0.665. The fourth-order valence-corrected chi connectivity index (χ4v) is 1.16. The van der Waals surface area contributed by atoms with Gasteiger partial charge in [-0.3, -0.25) is 4.79 Å². The lowest BCUT2D eigenvalue weighted by molar-refractivity contribution is 0.112. The lowest BCUT2D eigenvalue weighted by Crippen LogP contribution is -1.90. The predicted molar refractivity (Wildman–Crippen MR) is 49.0 cm³/mol. The molecule has 52 valence electrons. The molecule has 0 aliphatic carbocycles. The Kier molecular flexibility index (Phi) is 2.26. The molecule has 2 nitrogen and oxygen atoms in total. The van der Waals surface area contributed by atoms with Gasteiger partial charge in [0.05, 0.1) is 0 Å². The smallest absolute Gasteiger partial charge is 0.150 e. The van der Waals surface area contributed by atoms with Crippen LogP contribution in [0.1, 0.15) is 10.4 Å². The fourth-order valence-electron chi connectivity index (χ4n) is 0.617. The highest BCUT2D eigenvalue weighted by molar-refractivity contribution is 14.1. The predicted octanol–water partition coefficient (Wildman–Crippen LogP) is 1.69. The molecular weight excluding hydrogens is 241 g/mol. The normalized spacial score (nSPS) is 9.30. The molecule has 0 heterocycles. The van der Waals surface area contributed by atoms with Crippen molar-refractivity contribution in [1.82, 2.24) is 0 Å². The summed E-state index contributed by atoms with van der Waals surface area (Å²) in [5.41, 5.74) is 6.90. The maximum absolute atomic E-state index is 10.2. The van der Waals surface area contributed by atoms with Crippen LogP contribution in [0, 0.1) is 3.57 Å². The molecule has 0 fully saturated rings. The van der Waals surface area contributed by atoms with Crippen LogP contribution < -0.4 is 5.73 Å². The molecule has 2 N–H and O–H groups in total. The van der Waals surface area contributed by atoms with Crippen molar-refractivity contribution in [2.24, 2.45) is 0 Å². The maximum atomic E-state index is 10.2. The lowest BCUT2D eigenvalue weighted by Gasteiger charge is -1.96. The van der Waals surface area contributed by atoms with E-state index in [4.69, 9.17) is 5.73 Å². The number of anilines is 1. The van der Waals surface area contributed by atoms with E-state index in [0.29, 0.717) is 11.3 Å². The van der Waals surface area contributed by atoms with Crippen LogP contribution in [0.15, 0.2) is 18.2 Å². The molecule has 0 bridgehead atoms. The summed E-state index contributed by atoms with van der Waals surface area (Å²) in [4.78, 5) is 10.2. The monoisotopic (exact) mass is 247 g/mol. The maximum Gasteiger partial charge on any atom is 0.150 e. The number of hydrogen-bond acceptors (Lipinski definition) is 2. The topological polar surface area (TPSA) is 43.1 Å². The van der Waals surface area contributed by atoms with Gasteiger partial charge < -0.3 is 5.73 Å². The number of nitrogens with two attached hydrogens (primary N) is 1. The van der Waals surface area contributed by atoms with E-state index >= 15 is 0 Å². The number of carbonyl (C=O) groups is 1. The summed E-state index contributed by atoms with van der Waals surface area (Å²) < 4.78 is 0.919. The van der Waals surface area contributed by atoms with E-state index in [1.807, 2.05) is 0 Å². The van der Waals surface area contributed by atoms with Gasteiger partial charge in [0.25, 0.3) is 0 Å². The highest BCUT2D eigenvalue weighted by atomic mass is 127. The van der Waals surface area contributed by atoms with E-state index in [-0.39, 0.29) is 0 Å². The molecule has 1 aromatic rings. The third-order valence-corrected chi connectivity index (χ3v) is 2.09. The molecule has 0 aliphatic rings. The van der Waals surface area contributed by atoms with Crippen LogP contribution in [0.5, 0.6) is 0 Å². The second kappa shape index (κ2) is 3.01. The summed E-state index contributed by atoms with van der Waals surface area (Å²) >= 11 is 2.09. The van der Waals surface area contributed by atoms with Crippen LogP contribution in [0.25, 0.3) is 0 Å². The number of hydrogen-bond donors (Lipinski definition) is 1. The van der Waals surface area contributed by atoms with E-state index in [2.05, 4.69) is 22.6 Å². The molecule has 1 aromatic carbocycles. The molecule has 1 rings (SSSR count). The van der Waals surface area contributed by atoms with Crippen molar-refractivity contribution in [3.05, 3.63) is 27.3 Å². The van der Waals surface area contributed by atoms with Gasteiger partial charge in [0.15, 0.2) is 0 Å². The van der Waals surface area contributed by atoms with Gasteiger partial charge in [0.2, 0.25) is 0 Å². The quantitative estimate of drug-likeness (QED) is 0.466. The van der Waals surface area contributed by atoms with E-state index in [9.17, 15) is 4.79 Å². The fraction of sp³-hybridized carbons (Fsp3) is 0. The van der Waals surface area contributed by atoms with Gasteiger partial charge in [-0.25, -0.2) is 0 Å². The van der Waals surface area contributed by atoms with Crippen molar-refractivity contribution in [2.45, 2.75) is 0 Å². The first kappa shape index (κ1) is 7.53. The van der Waals surface area contributed by atoms with Crippen LogP contribution >= 0.6 is 22.6 Å². The Morgan fingerprint density at radius 1 is 1.50 bits per heavy atom. The molecule has 0 amide bonds. The number of nitrogen functional groups attached to an aromatic ring is 1. The zero-order valence-corrected chi connectivity index (χ0v) is 7.33. The summed E-state index contributed by atoms with van der Waals surface area (Å²) in [5.74, 6) is 0. The van der Waals surface area contributed by atoms with Crippen molar-refractivity contribution < 1.29 is 4.79 Å². The zero-order valence-electron chi connectivity index (χ0n) is 5.17. The summed E-state index contributed by atoms with van der Waals surface area (Å²) in [5, 5.41) is 0. The van der Waals surface area contributed by atoms with Gasteiger partial charge in [-0.2, -0.15) is 0 Å². The van der Waals surface area contributed by atoms with E-state index < -0.39 is 0 Å². The van der Waals surface area contributed by atoms with Crippen molar-refractivity contribution in [3.8, 4) is 0 Å². The first-order chi connectivity index (χ1) is 4.74. The molecule has 0 unspecified atom stereocenters. The van der Waals surface area contributed by atoms with Gasteiger partial charge in [-0.15, -0.1) is 0 Å². The molecule has 0 radical (unpaired) electrons. The minimum Gasteiger partial charge on any atom is -0.398 e. The number of aldehydes is 1. The number of carbonyl (C=O) groups excluding carboxylic acids is 1. The van der Waals surface area contributed by atoms with E-state index in [1.54, 1.807) is 18.2 Å². The Balaban J connectivity index is 3.16. The van der Waals surface area contributed by atoms with Crippen molar-refractivity contribution in [2.75, 3.05) is 5.73 Å². The van der Waals surface area contributed by atoms with E-state index in [1.165, 1.54) is 0 Å². The standard InChI is InChI=1S/C7H6INO/c8-6-3-5(4-10)1-2-7(6)9/h1-4H,9H2. The Hall–Kier alpha value is -0.580. The molecular formula is C7H6INO. The van der Waals surface area contributed by atoms with Gasteiger partial charge in [0, 0.05) is 14.8 Å². The molecule has 0 saturated heterocycles. The lowest BCUT2D eigenvalue weighted by atomic mass is 10.2. The molecule has 10 heavy (non-hydrogen) atoms. The van der Waals surface area contributed by atoms with Crippen molar-refractivity contribution in [1.29, 1.82) is 0 Å². The van der Waals surface area contributed by atoms with Gasteiger partial charge in [-0.1, -0.05) is 0 Å². The molecule has 0 aromatic heterocycles. The van der Waals surface area contributed by atoms with Crippen molar-refractivity contribution in [3.63, 3.8) is 0 Å². The average Bonchev–Trinajstić information content (AvgIpc) is 1.95. The Labute approximate surface area is 72.6 Å². The summed E-state index contributed by atoms with van der Waals surface area (Å²) in [6.45, 7) is 0. The molecule has 3 heteroatoms. The first-order valence-corrected chi connectivity index (χ1v) is 3.82. The SMILES string of the molecule is Nc1ccc(C=O)cc1I. The first-order valence-electron chi connectivity index (χ1n) is 2.74. The number of benzene rings is 1. The molecule has 0 aliphatic heterocycles. The molecule has 0 spiro atoms. The second-order valence-corrected chi connectivity index (χ2v) is 3.06. The zero-order chi connectivity index (χ0) is 7.56. The highest BCUT2D eigenvalue weighted by Gasteiger charge is 1.94. The Morgan fingerprint density at radius 2 is 2.20 bits per heavy atom. The third kappa shape index (κ3) is 1.47. The average molecular weight is 247 g/mol. The van der Waals surface area contributed by atoms with Crippen LogP contribution in [-0.2, 0) is 0 Å². The number of halogens is 1. The van der Waals surface area contributed by atoms with Crippen LogP contribution in [0.2, 0.25) is 0 Å². The highest BCUT2D eigenvalue weighted by Crippen LogP contribution is 2.14. The van der Waals surface area contributed by atoms with Crippen LogP contribution in [-0.4, -0.2) is 6.29 Å². The Morgan fingerprint density at radius 3 is 2.70 bits per heavy atom. The van der Waals surface area contributed by atoms with Crippen molar-refractivity contribution >= 4 is 34.6 Å². The van der Waals surface area contributed by atoms with Crippen LogP contribution in [0.4, 0.5) is 5.69 Å². The molecule has 0 atom stereocenters. The van der Waals surface area contributed by atoms with Gasteiger partial charge >= 0.3 is 0 Å². The summed E-state index contributed by atoms with van der Waals surface area (Å²) in [6.07, 6.45) is 0.807. The van der Waals surface area contributed by atoms with E-state index in [0.717, 1.165) is 9.86 Å². The molecule has 0 saturated carbocycles.